The first-order chi connectivity index (χ1) is 17.7. The maximum atomic E-state index is 12.2. The third-order valence-electron chi connectivity index (χ3n) is 7.27. The Balaban J connectivity index is 3.66. The summed E-state index contributed by atoms with van der Waals surface area (Å²) in [5.41, 5.74) is 0. The van der Waals surface area contributed by atoms with Crippen molar-refractivity contribution >= 4 is 5.91 Å². The summed E-state index contributed by atoms with van der Waals surface area (Å²) in [6.45, 7) is 4.28. The predicted octanol–water partition coefficient (Wildman–Crippen LogP) is 8.78. The molecule has 0 aliphatic carbocycles. The molecule has 1 amide bonds. The molecule has 36 heavy (non-hydrogen) atoms. The number of unbranched alkanes of at least 4 members (excludes halogenated alkanes) is 21. The number of aliphatic hydroxyl groups excluding tert-OH is 2. The summed E-state index contributed by atoms with van der Waals surface area (Å²) in [6.07, 6.45) is 32.8. The monoisotopic (exact) mass is 509 g/mol. The Morgan fingerprint density at radius 2 is 1.03 bits per heavy atom. The van der Waals surface area contributed by atoms with Crippen LogP contribution >= 0.6 is 0 Å². The molecule has 0 spiro atoms. The number of aliphatic hydroxyl groups is 2. The first-order valence-electron chi connectivity index (χ1n) is 15.9. The highest BCUT2D eigenvalue weighted by molar-refractivity contribution is 5.76. The van der Waals surface area contributed by atoms with Gasteiger partial charge in [-0.1, -0.05) is 154 Å². The van der Waals surface area contributed by atoms with Gasteiger partial charge in [0.05, 0.1) is 18.8 Å². The summed E-state index contributed by atoms with van der Waals surface area (Å²) < 4.78 is 0. The fraction of sp³-hybridized carbons (Fsp3) is 0.906. The zero-order chi connectivity index (χ0) is 26.5. The van der Waals surface area contributed by atoms with E-state index in [2.05, 4.69) is 19.2 Å². The highest BCUT2D eigenvalue weighted by atomic mass is 16.3. The van der Waals surface area contributed by atoms with E-state index in [-0.39, 0.29) is 12.5 Å². The number of rotatable bonds is 28. The van der Waals surface area contributed by atoms with Crippen LogP contribution in [0, 0.1) is 0 Å². The van der Waals surface area contributed by atoms with Crippen LogP contribution in [0.15, 0.2) is 12.2 Å². The van der Waals surface area contributed by atoms with Crippen molar-refractivity contribution in [1.29, 1.82) is 0 Å². The first kappa shape index (κ1) is 35.1. The average Bonchev–Trinajstić information content (AvgIpc) is 2.88. The molecule has 0 aromatic rings. The van der Waals surface area contributed by atoms with Gasteiger partial charge in [-0.2, -0.15) is 0 Å². The first-order valence-corrected chi connectivity index (χ1v) is 15.9. The van der Waals surface area contributed by atoms with Gasteiger partial charge in [0.1, 0.15) is 0 Å². The molecule has 4 heteroatoms. The van der Waals surface area contributed by atoms with Crippen molar-refractivity contribution in [2.75, 3.05) is 6.61 Å². The molecule has 0 fully saturated rings. The van der Waals surface area contributed by atoms with Crippen molar-refractivity contribution in [3.8, 4) is 0 Å². The number of carbonyl (C=O) groups excluding carboxylic acids is 1. The topological polar surface area (TPSA) is 69.6 Å². The molecule has 0 aromatic heterocycles. The number of allylic oxidation sites excluding steroid dienone is 1. The number of hydrogen-bond donors (Lipinski definition) is 3. The molecule has 0 rings (SSSR count). The van der Waals surface area contributed by atoms with E-state index in [0.29, 0.717) is 6.42 Å². The lowest BCUT2D eigenvalue weighted by atomic mass is 10.0. The van der Waals surface area contributed by atoms with Crippen molar-refractivity contribution < 1.29 is 15.0 Å². The molecule has 0 unspecified atom stereocenters. The van der Waals surface area contributed by atoms with Gasteiger partial charge in [0, 0.05) is 6.42 Å². The highest BCUT2D eigenvalue weighted by Crippen LogP contribution is 2.13. The second-order valence-corrected chi connectivity index (χ2v) is 10.9. The van der Waals surface area contributed by atoms with Crippen molar-refractivity contribution in [3.05, 3.63) is 12.2 Å². The Labute approximate surface area is 225 Å². The second kappa shape index (κ2) is 28.7. The minimum atomic E-state index is -0.830. The van der Waals surface area contributed by atoms with Crippen LogP contribution in [0.25, 0.3) is 0 Å². The summed E-state index contributed by atoms with van der Waals surface area (Å²) in [6, 6.07) is -0.612. The lowest BCUT2D eigenvalue weighted by molar-refractivity contribution is -0.123. The van der Waals surface area contributed by atoms with Gasteiger partial charge in [0.25, 0.3) is 0 Å². The fourth-order valence-electron chi connectivity index (χ4n) is 4.76. The van der Waals surface area contributed by atoms with Crippen LogP contribution in [0.5, 0.6) is 0 Å². The Hall–Kier alpha value is -0.870. The molecule has 0 aliphatic rings. The molecule has 0 saturated heterocycles. The molecule has 4 nitrogen and oxygen atoms in total. The smallest absolute Gasteiger partial charge is 0.220 e. The van der Waals surface area contributed by atoms with Gasteiger partial charge in [-0.05, 0) is 19.3 Å². The van der Waals surface area contributed by atoms with Crippen LogP contribution in [0.1, 0.15) is 168 Å². The SMILES string of the molecule is CCCCCCCCCCCC/C=C/[C@@H](O)[C@H](CO)NC(=O)CCCCCCCCCCCCCC. The maximum Gasteiger partial charge on any atom is 0.220 e. The quantitative estimate of drug-likeness (QED) is 0.0729. The van der Waals surface area contributed by atoms with Gasteiger partial charge in [-0.25, -0.2) is 0 Å². The van der Waals surface area contributed by atoms with Crippen molar-refractivity contribution in [2.24, 2.45) is 0 Å². The van der Waals surface area contributed by atoms with Gasteiger partial charge in [0.2, 0.25) is 5.91 Å². The third kappa shape index (κ3) is 24.8. The van der Waals surface area contributed by atoms with Crippen molar-refractivity contribution in [1.82, 2.24) is 5.32 Å². The summed E-state index contributed by atoms with van der Waals surface area (Å²) in [7, 11) is 0. The number of carbonyl (C=O) groups is 1. The van der Waals surface area contributed by atoms with E-state index in [1.54, 1.807) is 6.08 Å². The standard InChI is InChI=1S/C32H63NO3/c1-3-5-7-9-11-13-15-17-19-21-23-25-27-31(35)30(29-34)33-32(36)28-26-24-22-20-18-16-14-12-10-8-6-4-2/h25,27,30-31,34-35H,3-24,26,28-29H2,1-2H3,(H,33,36)/b27-25+/t30-,31+/m0/s1. The molecule has 0 bridgehead atoms. The van der Waals surface area contributed by atoms with E-state index in [1.165, 1.54) is 122 Å². The van der Waals surface area contributed by atoms with Crippen LogP contribution in [0.3, 0.4) is 0 Å². The van der Waals surface area contributed by atoms with E-state index in [4.69, 9.17) is 0 Å². The van der Waals surface area contributed by atoms with Gasteiger partial charge < -0.3 is 15.5 Å². The van der Waals surface area contributed by atoms with Gasteiger partial charge in [-0.15, -0.1) is 0 Å². The molecule has 0 aliphatic heterocycles. The molecule has 0 radical (unpaired) electrons. The van der Waals surface area contributed by atoms with Gasteiger partial charge in [0.15, 0.2) is 0 Å². The molecule has 214 valence electrons. The fourth-order valence-corrected chi connectivity index (χ4v) is 4.76. The molecular formula is C32H63NO3. The lowest BCUT2D eigenvalue weighted by Gasteiger charge is -2.20. The Morgan fingerprint density at radius 1 is 0.639 bits per heavy atom. The van der Waals surface area contributed by atoms with Crippen LogP contribution in [-0.2, 0) is 4.79 Å². The molecule has 2 atom stereocenters. The number of nitrogens with one attached hydrogen (secondary N) is 1. The largest absolute Gasteiger partial charge is 0.394 e. The lowest BCUT2D eigenvalue weighted by Crippen LogP contribution is -2.45. The van der Waals surface area contributed by atoms with E-state index >= 15 is 0 Å². The number of amides is 1. The average molecular weight is 510 g/mol. The minimum Gasteiger partial charge on any atom is -0.394 e. The Bertz CT molecular complexity index is 480. The minimum absolute atomic E-state index is 0.0664. The molecule has 0 heterocycles. The summed E-state index contributed by atoms with van der Waals surface area (Å²) in [4.78, 5) is 12.2. The summed E-state index contributed by atoms with van der Waals surface area (Å²) in [5, 5.41) is 22.7. The molecule has 0 saturated carbocycles. The van der Waals surface area contributed by atoms with Gasteiger partial charge in [-0.3, -0.25) is 4.79 Å². The zero-order valence-corrected chi connectivity index (χ0v) is 24.3. The van der Waals surface area contributed by atoms with Crippen LogP contribution < -0.4 is 5.32 Å². The zero-order valence-electron chi connectivity index (χ0n) is 24.3. The van der Waals surface area contributed by atoms with Crippen LogP contribution in [0.2, 0.25) is 0 Å². The van der Waals surface area contributed by atoms with Crippen molar-refractivity contribution in [3.63, 3.8) is 0 Å². The summed E-state index contributed by atoms with van der Waals surface area (Å²) >= 11 is 0. The molecule has 3 N–H and O–H groups in total. The van der Waals surface area contributed by atoms with Crippen LogP contribution in [-0.4, -0.2) is 34.9 Å². The van der Waals surface area contributed by atoms with E-state index in [1.807, 2.05) is 6.08 Å². The molecule has 0 aromatic carbocycles. The normalized spacial score (nSPS) is 13.3. The maximum absolute atomic E-state index is 12.2. The van der Waals surface area contributed by atoms with Crippen molar-refractivity contribution in [2.45, 2.75) is 180 Å². The number of hydrogen-bond acceptors (Lipinski definition) is 3. The Morgan fingerprint density at radius 3 is 1.44 bits per heavy atom. The Kier molecular flexibility index (Phi) is 28.0. The predicted molar refractivity (Wildman–Crippen MR) is 156 cm³/mol. The van der Waals surface area contributed by atoms with Crippen LogP contribution in [0.4, 0.5) is 0 Å². The highest BCUT2D eigenvalue weighted by Gasteiger charge is 2.17. The van der Waals surface area contributed by atoms with E-state index in [9.17, 15) is 15.0 Å². The second-order valence-electron chi connectivity index (χ2n) is 10.9. The summed E-state index contributed by atoms with van der Waals surface area (Å²) in [5.74, 6) is -0.0664. The third-order valence-corrected chi connectivity index (χ3v) is 7.27. The van der Waals surface area contributed by atoms with E-state index < -0.39 is 12.1 Å². The van der Waals surface area contributed by atoms with Gasteiger partial charge >= 0.3 is 0 Å². The van der Waals surface area contributed by atoms with E-state index in [0.717, 1.165) is 25.7 Å². The molecular weight excluding hydrogens is 446 g/mol.